The van der Waals surface area contributed by atoms with Gasteiger partial charge in [-0.05, 0) is 79.7 Å². The topological polar surface area (TPSA) is 57.3 Å². The van der Waals surface area contributed by atoms with Crippen LogP contribution in [0.25, 0.3) is 10.9 Å². The average molecular weight is 541 g/mol. The van der Waals surface area contributed by atoms with Crippen LogP contribution in [0, 0.1) is 11.8 Å². The maximum atomic E-state index is 13.5. The van der Waals surface area contributed by atoms with Crippen LogP contribution in [-0.2, 0) is 11.3 Å². The number of fused-ring (bicyclic) bond motifs is 1. The van der Waals surface area contributed by atoms with E-state index in [1.54, 1.807) is 6.07 Å². The lowest BCUT2D eigenvalue weighted by molar-refractivity contribution is -0.274. The Balaban J connectivity index is 1.48. The van der Waals surface area contributed by atoms with Gasteiger partial charge in [-0.25, -0.2) is 0 Å². The van der Waals surface area contributed by atoms with Gasteiger partial charge in [0.1, 0.15) is 11.5 Å². The van der Waals surface area contributed by atoms with E-state index in [-0.39, 0.29) is 29.9 Å². The van der Waals surface area contributed by atoms with Gasteiger partial charge < -0.3 is 15.0 Å². The third-order valence-electron chi connectivity index (χ3n) is 8.71. The van der Waals surface area contributed by atoms with Crippen molar-refractivity contribution >= 4 is 16.7 Å². The minimum atomic E-state index is -4.78. The van der Waals surface area contributed by atoms with Crippen molar-refractivity contribution in [1.29, 1.82) is 0 Å². The number of carbonyl (C=O) groups is 1. The standard InChI is InChI=1S/C32H39F3N2O2/c33-32(34,35)39-27-10-6-9-24(18-27)29(19-26(38)17-22-13-15-25(36)16-14-22)30-21-37(20-23-7-2-1-3-8-23)31-12-5-4-11-28(30)31/h4-6,9-12,18,21-23,25,29H,1-3,7-8,13-17,19-20,36H2. The Hall–Kier alpha value is -2.80. The second-order valence-electron chi connectivity index (χ2n) is 11.7. The first kappa shape index (κ1) is 27.8. The average Bonchev–Trinajstić information content (AvgIpc) is 3.26. The summed E-state index contributed by atoms with van der Waals surface area (Å²) in [4.78, 5) is 13.5. The van der Waals surface area contributed by atoms with Gasteiger partial charge in [-0.15, -0.1) is 13.2 Å². The van der Waals surface area contributed by atoms with Gasteiger partial charge in [-0.1, -0.05) is 49.6 Å². The van der Waals surface area contributed by atoms with Gasteiger partial charge in [-0.2, -0.15) is 0 Å². The van der Waals surface area contributed by atoms with E-state index in [1.165, 1.54) is 44.2 Å². The predicted molar refractivity (Wildman–Crippen MR) is 148 cm³/mol. The maximum Gasteiger partial charge on any atom is 0.573 e. The molecular weight excluding hydrogens is 501 g/mol. The second kappa shape index (κ2) is 12.2. The molecule has 1 heterocycles. The summed E-state index contributed by atoms with van der Waals surface area (Å²) in [5.41, 5.74) is 8.83. The van der Waals surface area contributed by atoms with Crippen molar-refractivity contribution in [2.24, 2.45) is 17.6 Å². The Bertz CT molecular complexity index is 1250. The Morgan fingerprint density at radius 1 is 0.949 bits per heavy atom. The molecule has 0 spiro atoms. The zero-order valence-electron chi connectivity index (χ0n) is 22.5. The van der Waals surface area contributed by atoms with Crippen LogP contribution in [0.5, 0.6) is 5.75 Å². The summed E-state index contributed by atoms with van der Waals surface area (Å²) >= 11 is 0. The number of para-hydroxylation sites is 1. The van der Waals surface area contributed by atoms with Crippen molar-refractivity contribution in [2.45, 2.75) is 95.5 Å². The monoisotopic (exact) mass is 540 g/mol. The van der Waals surface area contributed by atoms with E-state index in [4.69, 9.17) is 5.73 Å². The summed E-state index contributed by atoms with van der Waals surface area (Å²) in [7, 11) is 0. The highest BCUT2D eigenvalue weighted by atomic mass is 19.4. The first-order chi connectivity index (χ1) is 18.7. The molecule has 5 rings (SSSR count). The summed E-state index contributed by atoms with van der Waals surface area (Å²) < 4.78 is 45.7. The van der Waals surface area contributed by atoms with E-state index in [0.29, 0.717) is 23.8 Å². The zero-order chi connectivity index (χ0) is 27.4. The predicted octanol–water partition coefficient (Wildman–Crippen LogP) is 8.12. The van der Waals surface area contributed by atoms with Gasteiger partial charge in [0.25, 0.3) is 0 Å². The molecule has 0 bridgehead atoms. The van der Waals surface area contributed by atoms with E-state index >= 15 is 0 Å². The van der Waals surface area contributed by atoms with Gasteiger partial charge in [0.2, 0.25) is 0 Å². The first-order valence-corrected chi connectivity index (χ1v) is 14.5. The smallest absolute Gasteiger partial charge is 0.406 e. The highest BCUT2D eigenvalue weighted by Gasteiger charge is 2.32. The van der Waals surface area contributed by atoms with Crippen molar-refractivity contribution in [2.75, 3.05) is 0 Å². The number of aromatic nitrogens is 1. The molecule has 0 radical (unpaired) electrons. The Kier molecular flexibility index (Phi) is 8.65. The maximum absolute atomic E-state index is 13.5. The number of benzene rings is 2. The Morgan fingerprint density at radius 3 is 2.44 bits per heavy atom. The number of halogens is 3. The number of nitrogens with two attached hydrogens (primary N) is 1. The van der Waals surface area contributed by atoms with Gasteiger partial charge in [0.15, 0.2) is 0 Å². The molecule has 4 nitrogen and oxygen atoms in total. The molecular formula is C32H39F3N2O2. The zero-order valence-corrected chi connectivity index (χ0v) is 22.5. The van der Waals surface area contributed by atoms with Crippen LogP contribution >= 0.6 is 0 Å². The highest BCUT2D eigenvalue weighted by Crippen LogP contribution is 2.39. The van der Waals surface area contributed by atoms with E-state index < -0.39 is 6.36 Å². The third-order valence-corrected chi connectivity index (χ3v) is 8.71. The van der Waals surface area contributed by atoms with E-state index in [2.05, 4.69) is 27.6 Å². The molecule has 2 aliphatic carbocycles. The molecule has 2 saturated carbocycles. The molecule has 0 aliphatic heterocycles. The van der Waals surface area contributed by atoms with Crippen molar-refractivity contribution in [3.8, 4) is 5.75 Å². The van der Waals surface area contributed by atoms with Crippen LogP contribution in [0.2, 0.25) is 0 Å². The van der Waals surface area contributed by atoms with Crippen molar-refractivity contribution in [3.05, 3.63) is 65.9 Å². The number of ether oxygens (including phenoxy) is 1. The summed E-state index contributed by atoms with van der Waals surface area (Å²) in [6.07, 6.45) is 8.12. The minimum absolute atomic E-state index is 0.145. The molecule has 3 aromatic rings. The number of alkyl halides is 3. The summed E-state index contributed by atoms with van der Waals surface area (Å²) in [6.45, 7) is 0.917. The number of carbonyl (C=O) groups excluding carboxylic acids is 1. The van der Waals surface area contributed by atoms with Crippen LogP contribution in [0.3, 0.4) is 0 Å². The van der Waals surface area contributed by atoms with E-state index in [1.807, 2.05) is 18.2 Å². The molecule has 1 atom stereocenters. The van der Waals surface area contributed by atoms with Crippen molar-refractivity contribution in [3.63, 3.8) is 0 Å². The number of ketones is 1. The SMILES string of the molecule is NC1CCC(CC(=O)CC(c2cccc(OC(F)(F)F)c2)c2cn(CC3CCCCC3)c3ccccc23)CC1. The fourth-order valence-electron chi connectivity index (χ4n) is 6.71. The molecule has 1 aromatic heterocycles. The molecule has 39 heavy (non-hydrogen) atoms. The van der Waals surface area contributed by atoms with Crippen LogP contribution in [-0.4, -0.2) is 22.8 Å². The Labute approximate surface area is 228 Å². The molecule has 0 saturated heterocycles. The number of rotatable bonds is 9. The van der Waals surface area contributed by atoms with Gasteiger partial charge in [0.05, 0.1) is 0 Å². The first-order valence-electron chi connectivity index (χ1n) is 14.5. The van der Waals surface area contributed by atoms with Crippen LogP contribution < -0.4 is 10.5 Å². The number of nitrogens with zero attached hydrogens (tertiary/aromatic N) is 1. The third kappa shape index (κ3) is 7.24. The molecule has 2 N–H and O–H groups in total. The lowest BCUT2D eigenvalue weighted by Gasteiger charge is -2.26. The fraction of sp³-hybridized carbons (Fsp3) is 0.531. The largest absolute Gasteiger partial charge is 0.573 e. The van der Waals surface area contributed by atoms with Crippen LogP contribution in [0.4, 0.5) is 13.2 Å². The molecule has 2 aliphatic rings. The van der Waals surface area contributed by atoms with Gasteiger partial charge in [0, 0.05) is 48.4 Å². The molecule has 0 amide bonds. The number of hydrogen-bond acceptors (Lipinski definition) is 3. The van der Waals surface area contributed by atoms with Crippen LogP contribution in [0.15, 0.2) is 54.7 Å². The summed E-state index contributed by atoms with van der Waals surface area (Å²) in [5, 5.41) is 1.05. The van der Waals surface area contributed by atoms with Gasteiger partial charge >= 0.3 is 6.36 Å². The fourth-order valence-corrected chi connectivity index (χ4v) is 6.71. The van der Waals surface area contributed by atoms with Crippen molar-refractivity contribution < 1.29 is 22.7 Å². The van der Waals surface area contributed by atoms with Crippen molar-refractivity contribution in [1.82, 2.24) is 4.57 Å². The van der Waals surface area contributed by atoms with E-state index in [0.717, 1.165) is 48.7 Å². The van der Waals surface area contributed by atoms with E-state index in [9.17, 15) is 18.0 Å². The van der Waals surface area contributed by atoms with Gasteiger partial charge in [-0.3, -0.25) is 4.79 Å². The number of Topliss-reactive ketones (excluding diaryl/α,β-unsaturated/α-hetero) is 1. The number of hydrogen-bond donors (Lipinski definition) is 1. The molecule has 1 unspecified atom stereocenters. The quantitative estimate of drug-likeness (QED) is 0.298. The molecule has 210 valence electrons. The lowest BCUT2D eigenvalue weighted by atomic mass is 9.80. The molecule has 2 fully saturated rings. The Morgan fingerprint density at radius 2 is 1.69 bits per heavy atom. The minimum Gasteiger partial charge on any atom is -0.406 e. The summed E-state index contributed by atoms with van der Waals surface area (Å²) in [6, 6.07) is 14.6. The highest BCUT2D eigenvalue weighted by molar-refractivity contribution is 5.87. The molecule has 7 heteroatoms. The molecule has 2 aromatic carbocycles. The lowest BCUT2D eigenvalue weighted by Crippen LogP contribution is -2.27. The van der Waals surface area contributed by atoms with Crippen LogP contribution in [0.1, 0.15) is 87.7 Å². The summed E-state index contributed by atoms with van der Waals surface area (Å²) in [5.74, 6) is 0.461. The second-order valence-corrected chi connectivity index (χ2v) is 11.7. The normalized spacial score (nSPS) is 21.6.